The van der Waals surface area contributed by atoms with Gasteiger partial charge in [-0.25, -0.2) is 9.97 Å². The Kier molecular flexibility index (Phi) is 4.55. The van der Waals surface area contributed by atoms with E-state index >= 15 is 0 Å². The summed E-state index contributed by atoms with van der Waals surface area (Å²) in [5.74, 6) is 0.415. The van der Waals surface area contributed by atoms with Gasteiger partial charge in [0.1, 0.15) is 5.15 Å². The minimum absolute atomic E-state index is 0.124. The zero-order chi connectivity index (χ0) is 14.8. The van der Waals surface area contributed by atoms with Crippen LogP contribution in [0.25, 0.3) is 11.4 Å². The monoisotopic (exact) mass is 318 g/mol. The van der Waals surface area contributed by atoms with Crippen molar-refractivity contribution in [1.82, 2.24) is 9.97 Å². The normalized spacial score (nSPS) is 11.7. The molecule has 0 aliphatic rings. The van der Waals surface area contributed by atoms with Crippen LogP contribution >= 0.6 is 23.4 Å². The van der Waals surface area contributed by atoms with E-state index < -0.39 is 5.51 Å². The fourth-order valence-electron chi connectivity index (χ4n) is 1.58. The highest BCUT2D eigenvalue weighted by Crippen LogP contribution is 2.37. The van der Waals surface area contributed by atoms with Gasteiger partial charge in [-0.15, -0.1) is 0 Å². The molecule has 0 bridgehead atoms. The highest BCUT2D eigenvalue weighted by atomic mass is 35.5. The van der Waals surface area contributed by atoms with Gasteiger partial charge in [-0.1, -0.05) is 30.7 Å². The summed E-state index contributed by atoms with van der Waals surface area (Å²) < 4.78 is 36.7. The molecule has 0 amide bonds. The summed E-state index contributed by atoms with van der Waals surface area (Å²) in [6, 6.07) is 7.56. The van der Waals surface area contributed by atoms with Crippen molar-refractivity contribution in [1.29, 1.82) is 0 Å². The highest BCUT2D eigenvalue weighted by molar-refractivity contribution is 8.00. The van der Waals surface area contributed by atoms with Crippen LogP contribution in [0.5, 0.6) is 0 Å². The Labute approximate surface area is 123 Å². The van der Waals surface area contributed by atoms with E-state index in [1.807, 2.05) is 6.92 Å². The number of nitrogens with zero attached hydrogens (tertiary/aromatic N) is 2. The molecule has 2 rings (SSSR count). The fraction of sp³-hybridized carbons (Fsp3) is 0.231. The third kappa shape index (κ3) is 4.11. The van der Waals surface area contributed by atoms with Gasteiger partial charge in [0.25, 0.3) is 0 Å². The summed E-state index contributed by atoms with van der Waals surface area (Å²) in [7, 11) is 0. The molecular weight excluding hydrogens is 309 g/mol. The van der Waals surface area contributed by atoms with Crippen LogP contribution in [0.2, 0.25) is 5.15 Å². The molecule has 106 valence electrons. The molecule has 0 saturated carbocycles. The second-order valence-electron chi connectivity index (χ2n) is 3.93. The summed E-state index contributed by atoms with van der Waals surface area (Å²) in [6.45, 7) is 1.94. The molecule has 0 radical (unpaired) electrons. The van der Waals surface area contributed by atoms with Crippen LogP contribution in [0.3, 0.4) is 0 Å². The number of hydrogen-bond donors (Lipinski definition) is 0. The van der Waals surface area contributed by atoms with Gasteiger partial charge in [-0.05, 0) is 36.4 Å². The number of aryl methyl sites for hydroxylation is 1. The van der Waals surface area contributed by atoms with E-state index in [4.69, 9.17) is 11.6 Å². The van der Waals surface area contributed by atoms with Crippen molar-refractivity contribution >= 4 is 23.4 Å². The standard InChI is InChI=1S/C13H10ClF3N2S/c1-2-9-7-11(14)19-12(18-9)8-3-5-10(6-4-8)20-13(15,16)17/h3-7H,2H2,1H3. The topological polar surface area (TPSA) is 25.8 Å². The number of benzene rings is 1. The maximum absolute atomic E-state index is 12.2. The number of rotatable bonds is 3. The predicted octanol–water partition coefficient (Wildman–Crippen LogP) is 4.97. The second-order valence-corrected chi connectivity index (χ2v) is 5.46. The second kappa shape index (κ2) is 6.01. The lowest BCUT2D eigenvalue weighted by Crippen LogP contribution is -1.99. The molecule has 1 heterocycles. The third-order valence-corrected chi connectivity index (χ3v) is 3.39. The average Bonchev–Trinajstić information content (AvgIpc) is 2.37. The van der Waals surface area contributed by atoms with Gasteiger partial charge in [-0.3, -0.25) is 0 Å². The van der Waals surface area contributed by atoms with E-state index in [0.717, 1.165) is 5.69 Å². The molecule has 0 saturated heterocycles. The Bertz CT molecular complexity index is 600. The number of hydrogen-bond acceptors (Lipinski definition) is 3. The Morgan fingerprint density at radius 3 is 2.35 bits per heavy atom. The van der Waals surface area contributed by atoms with E-state index in [9.17, 15) is 13.2 Å². The van der Waals surface area contributed by atoms with Crippen LogP contribution in [0.15, 0.2) is 35.2 Å². The Balaban J connectivity index is 2.28. The minimum Gasteiger partial charge on any atom is -0.233 e. The van der Waals surface area contributed by atoms with Gasteiger partial charge in [0.2, 0.25) is 0 Å². The molecule has 7 heteroatoms. The average molecular weight is 319 g/mol. The van der Waals surface area contributed by atoms with Crippen LogP contribution in [-0.4, -0.2) is 15.5 Å². The molecule has 1 aromatic heterocycles. The fourth-order valence-corrected chi connectivity index (χ4v) is 2.33. The lowest BCUT2D eigenvalue weighted by Gasteiger charge is -2.07. The number of halogens is 4. The maximum Gasteiger partial charge on any atom is 0.446 e. The Morgan fingerprint density at radius 2 is 1.80 bits per heavy atom. The van der Waals surface area contributed by atoms with Gasteiger partial charge in [0, 0.05) is 16.2 Å². The zero-order valence-electron chi connectivity index (χ0n) is 10.4. The quantitative estimate of drug-likeness (QED) is 0.590. The van der Waals surface area contributed by atoms with E-state index in [2.05, 4.69) is 9.97 Å². The lowest BCUT2D eigenvalue weighted by molar-refractivity contribution is -0.0328. The zero-order valence-corrected chi connectivity index (χ0v) is 12.0. The lowest BCUT2D eigenvalue weighted by atomic mass is 10.2. The van der Waals surface area contributed by atoms with Gasteiger partial charge in [0.15, 0.2) is 5.82 Å². The molecule has 0 spiro atoms. The van der Waals surface area contributed by atoms with Crippen LogP contribution in [0.1, 0.15) is 12.6 Å². The van der Waals surface area contributed by atoms with Crippen molar-refractivity contribution in [2.45, 2.75) is 23.7 Å². The SMILES string of the molecule is CCc1cc(Cl)nc(-c2ccc(SC(F)(F)F)cc2)n1. The predicted molar refractivity (Wildman–Crippen MR) is 73.8 cm³/mol. The molecule has 0 atom stereocenters. The van der Waals surface area contributed by atoms with Gasteiger partial charge in [0.05, 0.1) is 0 Å². The van der Waals surface area contributed by atoms with Crippen LogP contribution in [0.4, 0.5) is 13.2 Å². The van der Waals surface area contributed by atoms with Crippen molar-refractivity contribution in [3.05, 3.63) is 41.2 Å². The highest BCUT2D eigenvalue weighted by Gasteiger charge is 2.29. The number of aromatic nitrogens is 2. The molecule has 2 aromatic rings. The molecule has 0 N–H and O–H groups in total. The molecular formula is C13H10ClF3N2S. The summed E-state index contributed by atoms with van der Waals surface area (Å²) in [4.78, 5) is 8.51. The summed E-state index contributed by atoms with van der Waals surface area (Å²) in [5.41, 5.74) is -2.87. The summed E-state index contributed by atoms with van der Waals surface area (Å²) in [5, 5.41) is 0.320. The Hall–Kier alpha value is -1.27. The smallest absolute Gasteiger partial charge is 0.233 e. The van der Waals surface area contributed by atoms with Crippen molar-refractivity contribution < 1.29 is 13.2 Å². The molecule has 0 unspecified atom stereocenters. The maximum atomic E-state index is 12.2. The van der Waals surface area contributed by atoms with Gasteiger partial charge >= 0.3 is 5.51 Å². The van der Waals surface area contributed by atoms with E-state index in [1.165, 1.54) is 12.1 Å². The van der Waals surface area contributed by atoms with Crippen molar-refractivity contribution in [2.24, 2.45) is 0 Å². The summed E-state index contributed by atoms with van der Waals surface area (Å²) >= 11 is 5.74. The van der Waals surface area contributed by atoms with E-state index in [1.54, 1.807) is 18.2 Å². The molecule has 0 aliphatic heterocycles. The summed E-state index contributed by atoms with van der Waals surface area (Å²) in [6.07, 6.45) is 0.706. The van der Waals surface area contributed by atoms with E-state index in [0.29, 0.717) is 23.0 Å². The molecule has 0 aliphatic carbocycles. The minimum atomic E-state index is -4.29. The van der Waals surface area contributed by atoms with Crippen molar-refractivity contribution in [2.75, 3.05) is 0 Å². The Morgan fingerprint density at radius 1 is 1.15 bits per heavy atom. The van der Waals surface area contributed by atoms with Gasteiger partial charge in [-0.2, -0.15) is 13.2 Å². The first-order chi connectivity index (χ1) is 9.37. The van der Waals surface area contributed by atoms with Crippen LogP contribution < -0.4 is 0 Å². The van der Waals surface area contributed by atoms with Crippen molar-refractivity contribution in [3.8, 4) is 11.4 Å². The first kappa shape index (κ1) is 15.1. The molecule has 2 nitrogen and oxygen atoms in total. The van der Waals surface area contributed by atoms with Gasteiger partial charge < -0.3 is 0 Å². The molecule has 20 heavy (non-hydrogen) atoms. The van der Waals surface area contributed by atoms with Crippen LogP contribution in [0, 0.1) is 0 Å². The first-order valence-electron chi connectivity index (χ1n) is 5.77. The van der Waals surface area contributed by atoms with E-state index in [-0.39, 0.29) is 16.7 Å². The molecule has 0 fully saturated rings. The molecule has 1 aromatic carbocycles. The largest absolute Gasteiger partial charge is 0.446 e. The number of thioether (sulfide) groups is 1. The third-order valence-electron chi connectivity index (χ3n) is 2.46. The first-order valence-corrected chi connectivity index (χ1v) is 6.96. The number of alkyl halides is 3. The van der Waals surface area contributed by atoms with Crippen molar-refractivity contribution in [3.63, 3.8) is 0 Å². The van der Waals surface area contributed by atoms with Crippen LogP contribution in [-0.2, 0) is 6.42 Å².